The number of rotatable bonds is 3. The summed E-state index contributed by atoms with van der Waals surface area (Å²) in [6.45, 7) is 3.90. The summed E-state index contributed by atoms with van der Waals surface area (Å²) in [5, 5.41) is 4.64. The molecular weight excluding hydrogens is 298 g/mol. The molecule has 112 valence electrons. The molecule has 4 nitrogen and oxygen atoms in total. The van der Waals surface area contributed by atoms with Gasteiger partial charge in [0, 0.05) is 10.7 Å². The van der Waals surface area contributed by atoms with E-state index in [0.29, 0.717) is 21.7 Å². The van der Waals surface area contributed by atoms with Gasteiger partial charge in [0.2, 0.25) is 0 Å². The maximum Gasteiger partial charge on any atom is 0.258 e. The predicted molar refractivity (Wildman–Crippen MR) is 90.6 cm³/mol. The molecule has 0 fully saturated rings. The van der Waals surface area contributed by atoms with E-state index >= 15 is 0 Å². The number of hydrogen-bond acceptors (Lipinski definition) is 3. The molecule has 0 aliphatic heterocycles. The maximum atomic E-state index is 12.1. The van der Waals surface area contributed by atoms with Gasteiger partial charge in [0.15, 0.2) is 0 Å². The smallest absolute Gasteiger partial charge is 0.258 e. The van der Waals surface area contributed by atoms with E-state index in [1.54, 1.807) is 6.07 Å². The Bertz CT molecular complexity index is 888. The first-order valence-corrected chi connectivity index (χ1v) is 7.44. The summed E-state index contributed by atoms with van der Waals surface area (Å²) >= 11 is 6.13. The Morgan fingerprint density at radius 3 is 2.77 bits per heavy atom. The van der Waals surface area contributed by atoms with E-state index in [1.807, 2.05) is 50.2 Å². The lowest BCUT2D eigenvalue weighted by atomic mass is 10.1. The van der Waals surface area contributed by atoms with Crippen LogP contribution in [0.2, 0.25) is 5.02 Å². The number of fused-ring (bicyclic) bond motifs is 1. The standard InChI is InChI=1S/C17H16ClN3O/c1-10-13(18)7-5-9-14(10)19-11(2)16-20-15-8-4-3-6-12(15)17(22)21-16/h3-9,11,19H,1-2H3,(H,20,21,22)/t11-/m0/s1. The molecule has 3 aromatic rings. The molecule has 22 heavy (non-hydrogen) atoms. The van der Waals surface area contributed by atoms with Gasteiger partial charge in [-0.2, -0.15) is 0 Å². The molecule has 0 spiro atoms. The molecular formula is C17H16ClN3O. The molecule has 0 saturated heterocycles. The predicted octanol–water partition coefficient (Wildman–Crippen LogP) is 4.06. The van der Waals surface area contributed by atoms with Gasteiger partial charge in [-0.05, 0) is 43.7 Å². The molecule has 1 heterocycles. The van der Waals surface area contributed by atoms with Crippen LogP contribution < -0.4 is 10.9 Å². The van der Waals surface area contributed by atoms with Crippen molar-refractivity contribution in [2.45, 2.75) is 19.9 Å². The van der Waals surface area contributed by atoms with Crippen molar-refractivity contribution in [2.24, 2.45) is 0 Å². The van der Waals surface area contributed by atoms with Gasteiger partial charge >= 0.3 is 0 Å². The minimum atomic E-state index is -0.144. The molecule has 2 aromatic carbocycles. The Labute approximate surface area is 133 Å². The van der Waals surface area contributed by atoms with Crippen molar-refractivity contribution >= 4 is 28.2 Å². The third-order valence-electron chi connectivity index (χ3n) is 3.68. The zero-order valence-electron chi connectivity index (χ0n) is 12.4. The molecule has 0 saturated carbocycles. The van der Waals surface area contributed by atoms with Crippen molar-refractivity contribution in [1.82, 2.24) is 9.97 Å². The number of hydrogen-bond donors (Lipinski definition) is 2. The minimum Gasteiger partial charge on any atom is -0.375 e. The summed E-state index contributed by atoms with van der Waals surface area (Å²) in [5.41, 5.74) is 2.46. The number of nitrogens with zero attached hydrogens (tertiary/aromatic N) is 1. The van der Waals surface area contributed by atoms with E-state index in [0.717, 1.165) is 11.3 Å². The van der Waals surface area contributed by atoms with Crippen molar-refractivity contribution in [3.63, 3.8) is 0 Å². The highest BCUT2D eigenvalue weighted by Gasteiger charge is 2.12. The second kappa shape index (κ2) is 5.81. The highest BCUT2D eigenvalue weighted by molar-refractivity contribution is 6.31. The first-order valence-electron chi connectivity index (χ1n) is 7.07. The fourth-order valence-corrected chi connectivity index (χ4v) is 2.55. The van der Waals surface area contributed by atoms with E-state index in [-0.39, 0.29) is 11.6 Å². The number of para-hydroxylation sites is 1. The van der Waals surface area contributed by atoms with Crippen LogP contribution in [0.4, 0.5) is 5.69 Å². The number of anilines is 1. The van der Waals surface area contributed by atoms with Gasteiger partial charge in [0.25, 0.3) is 5.56 Å². The van der Waals surface area contributed by atoms with Crippen LogP contribution in [0.1, 0.15) is 24.4 Å². The van der Waals surface area contributed by atoms with Gasteiger partial charge in [0.1, 0.15) is 5.82 Å². The van der Waals surface area contributed by atoms with Gasteiger partial charge in [-0.1, -0.05) is 29.8 Å². The lowest BCUT2D eigenvalue weighted by molar-refractivity contribution is 0.790. The Hall–Kier alpha value is -2.33. The normalized spacial score (nSPS) is 12.3. The van der Waals surface area contributed by atoms with E-state index in [2.05, 4.69) is 15.3 Å². The molecule has 0 amide bonds. The molecule has 2 N–H and O–H groups in total. The van der Waals surface area contributed by atoms with Crippen LogP contribution in [0.25, 0.3) is 10.9 Å². The molecule has 0 aliphatic carbocycles. The lowest BCUT2D eigenvalue weighted by Crippen LogP contribution is -2.18. The summed E-state index contributed by atoms with van der Waals surface area (Å²) in [6, 6.07) is 12.9. The summed E-state index contributed by atoms with van der Waals surface area (Å²) in [5.74, 6) is 0.600. The molecule has 0 unspecified atom stereocenters. The van der Waals surface area contributed by atoms with Crippen molar-refractivity contribution in [2.75, 3.05) is 5.32 Å². The van der Waals surface area contributed by atoms with Crippen LogP contribution in [-0.4, -0.2) is 9.97 Å². The van der Waals surface area contributed by atoms with E-state index < -0.39 is 0 Å². The van der Waals surface area contributed by atoms with E-state index in [1.165, 1.54) is 0 Å². The summed E-state index contributed by atoms with van der Waals surface area (Å²) < 4.78 is 0. The minimum absolute atomic E-state index is 0.128. The monoisotopic (exact) mass is 313 g/mol. The van der Waals surface area contributed by atoms with Crippen molar-refractivity contribution in [3.05, 3.63) is 69.2 Å². The third-order valence-corrected chi connectivity index (χ3v) is 4.09. The second-order valence-corrected chi connectivity index (χ2v) is 5.65. The van der Waals surface area contributed by atoms with Gasteiger partial charge in [0.05, 0.1) is 16.9 Å². The zero-order chi connectivity index (χ0) is 15.7. The van der Waals surface area contributed by atoms with Gasteiger partial charge in [-0.15, -0.1) is 0 Å². The Balaban J connectivity index is 1.97. The SMILES string of the molecule is Cc1c(Cl)cccc1N[C@@H](C)c1nc2ccccc2c(=O)[nH]1. The van der Waals surface area contributed by atoms with E-state index in [4.69, 9.17) is 11.6 Å². The average molecular weight is 314 g/mol. The quantitative estimate of drug-likeness (QED) is 0.766. The fourth-order valence-electron chi connectivity index (χ4n) is 2.38. The number of nitrogens with one attached hydrogen (secondary N) is 2. The topological polar surface area (TPSA) is 57.8 Å². The van der Waals surface area contributed by atoms with Gasteiger partial charge < -0.3 is 10.3 Å². The van der Waals surface area contributed by atoms with Crippen LogP contribution in [-0.2, 0) is 0 Å². The summed E-state index contributed by atoms with van der Waals surface area (Å²) in [6.07, 6.45) is 0. The number of halogens is 1. The molecule has 5 heteroatoms. The van der Waals surface area contributed by atoms with Crippen LogP contribution in [0, 0.1) is 6.92 Å². The van der Waals surface area contributed by atoms with E-state index in [9.17, 15) is 4.79 Å². The van der Waals surface area contributed by atoms with Gasteiger partial charge in [-0.25, -0.2) is 4.98 Å². The highest BCUT2D eigenvalue weighted by atomic mass is 35.5. The molecule has 3 rings (SSSR count). The number of aromatic amines is 1. The van der Waals surface area contributed by atoms with Crippen LogP contribution in [0.3, 0.4) is 0 Å². The molecule has 1 atom stereocenters. The first kappa shape index (κ1) is 14.6. The molecule has 1 aromatic heterocycles. The van der Waals surface area contributed by atoms with Crippen molar-refractivity contribution in [3.8, 4) is 0 Å². The number of aromatic nitrogens is 2. The molecule has 0 radical (unpaired) electrons. The first-order chi connectivity index (χ1) is 10.6. The Morgan fingerprint density at radius 1 is 1.18 bits per heavy atom. The van der Waals surface area contributed by atoms with Crippen molar-refractivity contribution < 1.29 is 0 Å². The largest absolute Gasteiger partial charge is 0.375 e. The van der Waals surface area contributed by atoms with Crippen LogP contribution in [0.15, 0.2) is 47.3 Å². The third kappa shape index (κ3) is 2.70. The molecule has 0 aliphatic rings. The lowest BCUT2D eigenvalue weighted by Gasteiger charge is -2.17. The highest BCUT2D eigenvalue weighted by Crippen LogP contribution is 2.26. The molecule has 0 bridgehead atoms. The number of H-pyrrole nitrogens is 1. The van der Waals surface area contributed by atoms with Crippen molar-refractivity contribution in [1.29, 1.82) is 0 Å². The fraction of sp³-hybridized carbons (Fsp3) is 0.176. The maximum absolute atomic E-state index is 12.1. The average Bonchev–Trinajstić information content (AvgIpc) is 2.52. The number of benzene rings is 2. The van der Waals surface area contributed by atoms with Crippen LogP contribution in [0.5, 0.6) is 0 Å². The Morgan fingerprint density at radius 2 is 1.95 bits per heavy atom. The Kier molecular flexibility index (Phi) is 3.86. The second-order valence-electron chi connectivity index (χ2n) is 5.25. The summed E-state index contributed by atoms with van der Waals surface area (Å²) in [7, 11) is 0. The zero-order valence-corrected chi connectivity index (χ0v) is 13.1. The van der Waals surface area contributed by atoms with Gasteiger partial charge in [-0.3, -0.25) is 4.79 Å². The summed E-state index contributed by atoms with van der Waals surface area (Å²) in [4.78, 5) is 19.5. The van der Waals surface area contributed by atoms with Crippen LogP contribution >= 0.6 is 11.6 Å².